The van der Waals surface area contributed by atoms with Gasteiger partial charge < -0.3 is 14.9 Å². The van der Waals surface area contributed by atoms with Crippen molar-refractivity contribution in [3.05, 3.63) is 24.1 Å². The number of nitrogens with zero attached hydrogens (tertiary/aromatic N) is 1. The van der Waals surface area contributed by atoms with Crippen LogP contribution < -0.4 is 5.73 Å². The molecule has 18 heavy (non-hydrogen) atoms. The summed E-state index contributed by atoms with van der Waals surface area (Å²) in [4.78, 5) is 15.2. The summed E-state index contributed by atoms with van der Waals surface area (Å²) >= 11 is 1.57. The molecule has 0 spiro atoms. The zero-order chi connectivity index (χ0) is 13.0. The second-order valence-corrected chi connectivity index (χ2v) is 4.79. The number of rotatable bonds is 5. The van der Waals surface area contributed by atoms with Crippen LogP contribution in [0, 0.1) is 0 Å². The second kappa shape index (κ2) is 5.77. The molecule has 5 nitrogen and oxygen atoms in total. The quantitative estimate of drug-likeness (QED) is 0.508. The van der Waals surface area contributed by atoms with Gasteiger partial charge in [-0.3, -0.25) is 4.79 Å². The highest BCUT2D eigenvalue weighted by atomic mass is 32.2. The molecule has 0 bridgehead atoms. The SMILES string of the molecule is COC(=O)CCSCc1nc2c(N)cccc2o1. The number of ether oxygens (including phenoxy) is 1. The summed E-state index contributed by atoms with van der Waals surface area (Å²) < 4.78 is 10.1. The van der Waals surface area contributed by atoms with Gasteiger partial charge in [0.1, 0.15) is 5.52 Å². The minimum absolute atomic E-state index is 0.204. The Morgan fingerprint density at radius 3 is 3.11 bits per heavy atom. The smallest absolute Gasteiger partial charge is 0.306 e. The third-order valence-corrected chi connectivity index (χ3v) is 3.34. The molecule has 2 N–H and O–H groups in total. The molecule has 1 heterocycles. The van der Waals surface area contributed by atoms with Crippen LogP contribution in [0.4, 0.5) is 5.69 Å². The average Bonchev–Trinajstić information content (AvgIpc) is 2.79. The van der Waals surface area contributed by atoms with E-state index < -0.39 is 0 Å². The number of thioether (sulfide) groups is 1. The van der Waals surface area contributed by atoms with Gasteiger partial charge in [0.2, 0.25) is 5.89 Å². The Morgan fingerprint density at radius 1 is 1.56 bits per heavy atom. The van der Waals surface area contributed by atoms with Crippen molar-refractivity contribution in [2.75, 3.05) is 18.6 Å². The molecule has 0 saturated heterocycles. The molecule has 0 unspecified atom stereocenters. The number of nitrogen functional groups attached to an aromatic ring is 1. The van der Waals surface area contributed by atoms with Crippen molar-refractivity contribution < 1.29 is 13.9 Å². The van der Waals surface area contributed by atoms with E-state index in [1.54, 1.807) is 17.8 Å². The molecular formula is C12H14N2O3S. The number of carbonyl (C=O) groups is 1. The molecule has 0 aliphatic heterocycles. The van der Waals surface area contributed by atoms with Gasteiger partial charge in [0.05, 0.1) is 25.0 Å². The number of esters is 1. The fourth-order valence-corrected chi connectivity index (χ4v) is 2.25. The third kappa shape index (κ3) is 2.95. The molecule has 1 aromatic heterocycles. The molecule has 96 valence electrons. The predicted molar refractivity (Wildman–Crippen MR) is 71.2 cm³/mol. The number of oxazole rings is 1. The van der Waals surface area contributed by atoms with Crippen LogP contribution in [-0.4, -0.2) is 23.8 Å². The van der Waals surface area contributed by atoms with Crippen LogP contribution in [-0.2, 0) is 15.3 Å². The Hall–Kier alpha value is -1.69. The van der Waals surface area contributed by atoms with Crippen LogP contribution in [0.5, 0.6) is 0 Å². The maximum Gasteiger partial charge on any atom is 0.306 e. The lowest BCUT2D eigenvalue weighted by molar-refractivity contribution is -0.140. The fraction of sp³-hybridized carbons (Fsp3) is 0.333. The largest absolute Gasteiger partial charge is 0.469 e. The zero-order valence-electron chi connectivity index (χ0n) is 10.0. The van der Waals surface area contributed by atoms with E-state index in [1.807, 2.05) is 12.1 Å². The third-order valence-electron chi connectivity index (χ3n) is 2.40. The molecule has 2 aromatic rings. The maximum absolute atomic E-state index is 10.9. The number of carbonyl (C=O) groups excluding carboxylic acids is 1. The van der Waals surface area contributed by atoms with E-state index in [9.17, 15) is 4.79 Å². The number of aromatic nitrogens is 1. The van der Waals surface area contributed by atoms with Gasteiger partial charge in [-0.2, -0.15) is 11.8 Å². The minimum Gasteiger partial charge on any atom is -0.469 e. The first-order chi connectivity index (χ1) is 8.70. The summed E-state index contributed by atoms with van der Waals surface area (Å²) in [6.07, 6.45) is 0.392. The first kappa shape index (κ1) is 12.8. The van der Waals surface area contributed by atoms with Crippen LogP contribution in [0.15, 0.2) is 22.6 Å². The molecule has 2 rings (SSSR count). The zero-order valence-corrected chi connectivity index (χ0v) is 10.8. The van der Waals surface area contributed by atoms with Gasteiger partial charge in [0.25, 0.3) is 0 Å². The fourth-order valence-electron chi connectivity index (χ4n) is 1.49. The van der Waals surface area contributed by atoms with Gasteiger partial charge in [0.15, 0.2) is 5.58 Å². The number of hydrogen-bond donors (Lipinski definition) is 1. The summed E-state index contributed by atoms with van der Waals surface area (Å²) in [5.74, 6) is 1.72. The van der Waals surface area contributed by atoms with E-state index in [0.29, 0.717) is 40.6 Å². The van der Waals surface area contributed by atoms with Gasteiger partial charge in [-0.15, -0.1) is 0 Å². The molecule has 0 atom stereocenters. The van der Waals surface area contributed by atoms with E-state index in [4.69, 9.17) is 10.2 Å². The van der Waals surface area contributed by atoms with Crippen LogP contribution in [0.25, 0.3) is 11.1 Å². The molecule has 0 saturated carbocycles. The highest BCUT2D eigenvalue weighted by Crippen LogP contribution is 2.23. The van der Waals surface area contributed by atoms with Crippen molar-refractivity contribution in [3.63, 3.8) is 0 Å². The van der Waals surface area contributed by atoms with Crippen LogP contribution in [0.3, 0.4) is 0 Å². The number of anilines is 1. The van der Waals surface area contributed by atoms with E-state index in [2.05, 4.69) is 9.72 Å². The highest BCUT2D eigenvalue weighted by molar-refractivity contribution is 7.98. The molecule has 0 fully saturated rings. The molecular weight excluding hydrogens is 252 g/mol. The molecule has 6 heteroatoms. The summed E-state index contributed by atoms with van der Waals surface area (Å²) in [5, 5.41) is 0. The number of hydrogen-bond acceptors (Lipinski definition) is 6. The Bertz CT molecular complexity index is 553. The number of fused-ring (bicyclic) bond motifs is 1. The highest BCUT2D eigenvalue weighted by Gasteiger charge is 2.08. The van der Waals surface area contributed by atoms with Crippen molar-refractivity contribution in [2.45, 2.75) is 12.2 Å². The van der Waals surface area contributed by atoms with Crippen molar-refractivity contribution in [2.24, 2.45) is 0 Å². The summed E-state index contributed by atoms with van der Waals surface area (Å²) in [6.45, 7) is 0. The first-order valence-electron chi connectivity index (χ1n) is 5.49. The number of nitrogens with two attached hydrogens (primary N) is 1. The molecule has 0 amide bonds. The predicted octanol–water partition coefficient (Wildman–Crippen LogP) is 2.21. The Balaban J connectivity index is 1.92. The number of methoxy groups -OCH3 is 1. The standard InChI is InChI=1S/C12H14N2O3S/c1-16-11(15)5-6-18-7-10-14-12-8(13)3-2-4-9(12)17-10/h2-4H,5-7,13H2,1H3. The Labute approximate surface area is 109 Å². The van der Waals surface area contributed by atoms with E-state index in [-0.39, 0.29) is 5.97 Å². The van der Waals surface area contributed by atoms with Gasteiger partial charge in [-0.25, -0.2) is 4.98 Å². The second-order valence-electron chi connectivity index (χ2n) is 3.68. The van der Waals surface area contributed by atoms with Gasteiger partial charge in [0, 0.05) is 5.75 Å². The lowest BCUT2D eigenvalue weighted by atomic mass is 10.3. The Kier molecular flexibility index (Phi) is 4.09. The summed E-state index contributed by atoms with van der Waals surface area (Å²) in [7, 11) is 1.39. The first-order valence-corrected chi connectivity index (χ1v) is 6.64. The normalized spacial score (nSPS) is 10.7. The lowest BCUT2D eigenvalue weighted by Gasteiger charge is -1.97. The number of benzene rings is 1. The molecule has 0 aliphatic rings. The van der Waals surface area contributed by atoms with Crippen LogP contribution >= 0.6 is 11.8 Å². The van der Waals surface area contributed by atoms with E-state index >= 15 is 0 Å². The topological polar surface area (TPSA) is 78.3 Å². The maximum atomic E-state index is 10.9. The minimum atomic E-state index is -0.204. The van der Waals surface area contributed by atoms with Gasteiger partial charge >= 0.3 is 5.97 Å². The van der Waals surface area contributed by atoms with Crippen molar-refractivity contribution in [1.82, 2.24) is 4.98 Å². The molecule has 1 aromatic carbocycles. The average molecular weight is 266 g/mol. The molecule has 0 aliphatic carbocycles. The van der Waals surface area contributed by atoms with Crippen LogP contribution in [0.2, 0.25) is 0 Å². The van der Waals surface area contributed by atoms with Crippen molar-refractivity contribution in [3.8, 4) is 0 Å². The van der Waals surface area contributed by atoms with Gasteiger partial charge in [-0.1, -0.05) is 6.07 Å². The molecule has 0 radical (unpaired) electrons. The summed E-state index contributed by atoms with van der Waals surface area (Å²) in [5.41, 5.74) is 7.79. The number of para-hydroxylation sites is 1. The Morgan fingerprint density at radius 2 is 2.39 bits per heavy atom. The van der Waals surface area contributed by atoms with Crippen LogP contribution in [0.1, 0.15) is 12.3 Å². The van der Waals surface area contributed by atoms with Crippen molar-refractivity contribution >= 4 is 34.5 Å². The lowest BCUT2D eigenvalue weighted by Crippen LogP contribution is -2.01. The van der Waals surface area contributed by atoms with E-state index in [1.165, 1.54) is 7.11 Å². The van der Waals surface area contributed by atoms with Gasteiger partial charge in [-0.05, 0) is 12.1 Å². The van der Waals surface area contributed by atoms with Crippen molar-refractivity contribution in [1.29, 1.82) is 0 Å². The monoisotopic (exact) mass is 266 g/mol. The summed E-state index contributed by atoms with van der Waals surface area (Å²) in [6, 6.07) is 5.46. The van der Waals surface area contributed by atoms with E-state index in [0.717, 1.165) is 0 Å².